The number of aryl methyl sites for hydroxylation is 1. The Balaban J connectivity index is 1.93. The molecule has 1 heterocycles. The highest BCUT2D eigenvalue weighted by Crippen LogP contribution is 2.35. The third-order valence-corrected chi connectivity index (χ3v) is 4.02. The van der Waals surface area contributed by atoms with Gasteiger partial charge in [0.2, 0.25) is 5.76 Å². The minimum absolute atomic E-state index is 0.0262. The Morgan fingerprint density at radius 2 is 2.32 bits per heavy atom. The topological polar surface area (TPSA) is 62.5 Å². The molecule has 106 valence electrons. The second kappa shape index (κ2) is 5.37. The van der Waals surface area contributed by atoms with Gasteiger partial charge < -0.3 is 14.8 Å². The first-order valence-corrected chi connectivity index (χ1v) is 6.93. The van der Waals surface area contributed by atoms with Crippen LogP contribution in [0.5, 0.6) is 0 Å². The molecule has 0 amide bonds. The summed E-state index contributed by atoms with van der Waals surface area (Å²) in [5.41, 5.74) is 1.36. The standard InChI is InChI=1S/C15H23NO3/c1-10-11(7-13(19-10)14(17)18)9-16-12-5-4-6-15(2,3)8-12/h7,12,16H,4-6,8-9H2,1-3H3,(H,17,18). The van der Waals surface area contributed by atoms with E-state index < -0.39 is 5.97 Å². The zero-order valence-corrected chi connectivity index (χ0v) is 12.0. The number of hydrogen-bond donors (Lipinski definition) is 2. The lowest BCUT2D eigenvalue weighted by atomic mass is 9.75. The van der Waals surface area contributed by atoms with E-state index in [2.05, 4.69) is 19.2 Å². The fourth-order valence-electron chi connectivity index (χ4n) is 2.93. The highest BCUT2D eigenvalue weighted by Gasteiger charge is 2.27. The van der Waals surface area contributed by atoms with Crippen LogP contribution < -0.4 is 5.32 Å². The molecule has 0 spiro atoms. The van der Waals surface area contributed by atoms with Crippen molar-refractivity contribution in [3.05, 3.63) is 23.2 Å². The first kappa shape index (κ1) is 14.1. The van der Waals surface area contributed by atoms with E-state index in [0.29, 0.717) is 23.8 Å². The molecule has 0 aromatic carbocycles. The number of aromatic carboxylic acids is 1. The van der Waals surface area contributed by atoms with Gasteiger partial charge in [-0.1, -0.05) is 20.3 Å². The van der Waals surface area contributed by atoms with Crippen molar-refractivity contribution in [2.24, 2.45) is 5.41 Å². The third-order valence-electron chi connectivity index (χ3n) is 4.02. The van der Waals surface area contributed by atoms with E-state index >= 15 is 0 Å². The smallest absolute Gasteiger partial charge is 0.371 e. The lowest BCUT2D eigenvalue weighted by Gasteiger charge is -2.35. The van der Waals surface area contributed by atoms with Crippen molar-refractivity contribution in [1.29, 1.82) is 0 Å². The van der Waals surface area contributed by atoms with Crippen molar-refractivity contribution >= 4 is 5.97 Å². The molecule has 1 aromatic rings. The highest BCUT2D eigenvalue weighted by molar-refractivity contribution is 5.84. The molecule has 4 nitrogen and oxygen atoms in total. The maximum absolute atomic E-state index is 10.8. The predicted molar refractivity (Wildman–Crippen MR) is 73.3 cm³/mol. The Bertz CT molecular complexity index is 462. The summed E-state index contributed by atoms with van der Waals surface area (Å²) in [6.45, 7) is 7.12. The Hall–Kier alpha value is -1.29. The quantitative estimate of drug-likeness (QED) is 0.876. The van der Waals surface area contributed by atoms with Gasteiger partial charge in [-0.25, -0.2) is 4.79 Å². The second-order valence-corrected chi connectivity index (χ2v) is 6.34. The van der Waals surface area contributed by atoms with Gasteiger partial charge in [-0.2, -0.15) is 0 Å². The van der Waals surface area contributed by atoms with Gasteiger partial charge >= 0.3 is 5.97 Å². The van der Waals surface area contributed by atoms with Crippen LogP contribution in [0.1, 0.15) is 61.4 Å². The number of carboxylic acid groups (broad SMARTS) is 1. The van der Waals surface area contributed by atoms with Crippen LogP contribution >= 0.6 is 0 Å². The molecule has 1 aromatic heterocycles. The monoisotopic (exact) mass is 265 g/mol. The van der Waals surface area contributed by atoms with Crippen LogP contribution in [0, 0.1) is 12.3 Å². The van der Waals surface area contributed by atoms with Crippen molar-refractivity contribution in [1.82, 2.24) is 5.32 Å². The highest BCUT2D eigenvalue weighted by atomic mass is 16.4. The van der Waals surface area contributed by atoms with E-state index in [4.69, 9.17) is 9.52 Å². The van der Waals surface area contributed by atoms with Gasteiger partial charge in [-0.3, -0.25) is 0 Å². The summed E-state index contributed by atoms with van der Waals surface area (Å²) in [5.74, 6) is -0.286. The van der Waals surface area contributed by atoms with E-state index in [1.54, 1.807) is 6.07 Å². The van der Waals surface area contributed by atoms with Gasteiger partial charge in [-0.05, 0) is 37.7 Å². The third kappa shape index (κ3) is 3.60. The van der Waals surface area contributed by atoms with Crippen LogP contribution in [0.15, 0.2) is 10.5 Å². The molecule has 0 saturated heterocycles. The molecule has 1 aliphatic rings. The minimum Gasteiger partial charge on any atom is -0.475 e. The van der Waals surface area contributed by atoms with E-state index in [1.807, 2.05) is 6.92 Å². The minimum atomic E-state index is -1.01. The molecule has 1 saturated carbocycles. The van der Waals surface area contributed by atoms with Gasteiger partial charge in [0.15, 0.2) is 0 Å². The largest absolute Gasteiger partial charge is 0.475 e. The van der Waals surface area contributed by atoms with Crippen molar-refractivity contribution in [3.8, 4) is 0 Å². The number of nitrogens with one attached hydrogen (secondary N) is 1. The van der Waals surface area contributed by atoms with Gasteiger partial charge in [0.05, 0.1) is 0 Å². The van der Waals surface area contributed by atoms with Crippen molar-refractivity contribution in [3.63, 3.8) is 0 Å². The number of rotatable bonds is 4. The van der Waals surface area contributed by atoms with E-state index in [9.17, 15) is 4.79 Å². The molecule has 0 radical (unpaired) electrons. The Labute approximate surface area is 114 Å². The molecular formula is C15H23NO3. The Morgan fingerprint density at radius 1 is 1.58 bits per heavy atom. The van der Waals surface area contributed by atoms with Crippen molar-refractivity contribution < 1.29 is 14.3 Å². The number of carboxylic acids is 1. The van der Waals surface area contributed by atoms with Gasteiger partial charge in [0.1, 0.15) is 5.76 Å². The van der Waals surface area contributed by atoms with Crippen LogP contribution in [-0.4, -0.2) is 17.1 Å². The summed E-state index contributed by atoms with van der Waals surface area (Å²) < 4.78 is 5.22. The first-order chi connectivity index (χ1) is 8.87. The summed E-state index contributed by atoms with van der Waals surface area (Å²) in [6, 6.07) is 2.14. The van der Waals surface area contributed by atoms with Crippen LogP contribution in [0.25, 0.3) is 0 Å². The number of furan rings is 1. The summed E-state index contributed by atoms with van der Waals surface area (Å²) in [7, 11) is 0. The Morgan fingerprint density at radius 3 is 2.89 bits per heavy atom. The van der Waals surface area contributed by atoms with Crippen LogP contribution in [0.2, 0.25) is 0 Å². The second-order valence-electron chi connectivity index (χ2n) is 6.34. The van der Waals surface area contributed by atoms with E-state index in [-0.39, 0.29) is 5.76 Å². The van der Waals surface area contributed by atoms with Gasteiger partial charge in [-0.15, -0.1) is 0 Å². The SMILES string of the molecule is Cc1oc(C(=O)O)cc1CNC1CCCC(C)(C)C1. The average Bonchev–Trinajstić information content (AvgIpc) is 2.67. The summed E-state index contributed by atoms with van der Waals surface area (Å²) in [5, 5.41) is 12.4. The summed E-state index contributed by atoms with van der Waals surface area (Å²) >= 11 is 0. The summed E-state index contributed by atoms with van der Waals surface area (Å²) in [6.07, 6.45) is 4.93. The molecule has 4 heteroatoms. The van der Waals surface area contributed by atoms with Gasteiger partial charge in [0.25, 0.3) is 0 Å². The predicted octanol–water partition coefficient (Wildman–Crippen LogP) is 3.34. The molecule has 1 unspecified atom stereocenters. The Kier molecular flexibility index (Phi) is 3.99. The first-order valence-electron chi connectivity index (χ1n) is 6.93. The lowest BCUT2D eigenvalue weighted by Crippen LogP contribution is -2.36. The van der Waals surface area contributed by atoms with Crippen LogP contribution in [0.4, 0.5) is 0 Å². The molecular weight excluding hydrogens is 242 g/mol. The molecule has 19 heavy (non-hydrogen) atoms. The number of carbonyl (C=O) groups is 1. The molecule has 2 N–H and O–H groups in total. The van der Waals surface area contributed by atoms with Crippen molar-refractivity contribution in [2.45, 2.75) is 59.0 Å². The molecule has 1 atom stereocenters. The average molecular weight is 265 g/mol. The fraction of sp³-hybridized carbons (Fsp3) is 0.667. The zero-order chi connectivity index (χ0) is 14.0. The molecule has 1 fully saturated rings. The normalized spacial score (nSPS) is 22.4. The number of hydrogen-bond acceptors (Lipinski definition) is 3. The lowest BCUT2D eigenvalue weighted by molar-refractivity contribution is 0.0661. The zero-order valence-electron chi connectivity index (χ0n) is 12.0. The maximum Gasteiger partial charge on any atom is 0.371 e. The van der Waals surface area contributed by atoms with Gasteiger partial charge in [0, 0.05) is 18.2 Å². The molecule has 1 aliphatic carbocycles. The fourth-order valence-corrected chi connectivity index (χ4v) is 2.93. The van der Waals surface area contributed by atoms with E-state index in [1.165, 1.54) is 25.7 Å². The maximum atomic E-state index is 10.8. The molecule has 0 bridgehead atoms. The van der Waals surface area contributed by atoms with Crippen LogP contribution in [-0.2, 0) is 6.54 Å². The summed E-state index contributed by atoms with van der Waals surface area (Å²) in [4.78, 5) is 10.8. The van der Waals surface area contributed by atoms with E-state index in [0.717, 1.165) is 5.56 Å². The molecule has 2 rings (SSSR count). The van der Waals surface area contributed by atoms with Crippen LogP contribution in [0.3, 0.4) is 0 Å². The van der Waals surface area contributed by atoms with Crippen molar-refractivity contribution in [2.75, 3.05) is 0 Å². The molecule has 0 aliphatic heterocycles.